The van der Waals surface area contributed by atoms with Crippen LogP contribution in [0.1, 0.15) is 26.7 Å². The molecule has 9 heavy (non-hydrogen) atoms. The molecule has 0 heterocycles. The summed E-state index contributed by atoms with van der Waals surface area (Å²) in [7, 11) is 2.20. The summed E-state index contributed by atoms with van der Waals surface area (Å²) in [6, 6.07) is 0.907. The topological polar surface area (TPSA) is 16.6 Å². The molecule has 0 aromatic carbocycles. The quantitative estimate of drug-likeness (QED) is 0.573. The molecular formula is C8H18N+. The van der Waals surface area contributed by atoms with Crippen molar-refractivity contribution < 1.29 is 5.32 Å². The van der Waals surface area contributed by atoms with Gasteiger partial charge in [0, 0.05) is 11.8 Å². The molecule has 1 atom stereocenters. The van der Waals surface area contributed by atoms with Crippen LogP contribution < -0.4 is 5.32 Å². The first-order valence-electron chi connectivity index (χ1n) is 4.05. The second kappa shape index (κ2) is 2.70. The van der Waals surface area contributed by atoms with Crippen LogP contribution in [0.2, 0.25) is 0 Å². The lowest BCUT2D eigenvalue weighted by Gasteiger charge is -2.15. The Labute approximate surface area is 57.8 Å². The monoisotopic (exact) mass is 128 g/mol. The van der Waals surface area contributed by atoms with E-state index in [9.17, 15) is 0 Å². The van der Waals surface area contributed by atoms with E-state index >= 15 is 0 Å². The normalized spacial score (nSPS) is 22.7. The van der Waals surface area contributed by atoms with Crippen molar-refractivity contribution in [2.75, 3.05) is 7.05 Å². The molecule has 1 heteroatoms. The number of rotatable bonds is 3. The van der Waals surface area contributed by atoms with Crippen LogP contribution in [0.15, 0.2) is 0 Å². The van der Waals surface area contributed by atoms with Gasteiger partial charge in [-0.05, 0) is 12.8 Å². The Morgan fingerprint density at radius 2 is 1.89 bits per heavy atom. The molecule has 0 bridgehead atoms. The van der Waals surface area contributed by atoms with Crippen LogP contribution in [0, 0.1) is 11.8 Å². The Hall–Kier alpha value is -0.0400. The summed E-state index contributed by atoms with van der Waals surface area (Å²) in [4.78, 5) is 0. The van der Waals surface area contributed by atoms with E-state index in [2.05, 4.69) is 26.2 Å². The fourth-order valence-electron chi connectivity index (χ4n) is 1.68. The Kier molecular flexibility index (Phi) is 2.12. The first kappa shape index (κ1) is 7.07. The van der Waals surface area contributed by atoms with Crippen LogP contribution in [0.3, 0.4) is 0 Å². The summed E-state index contributed by atoms with van der Waals surface area (Å²) >= 11 is 0. The Bertz CT molecular complexity index is 82.6. The van der Waals surface area contributed by atoms with Crippen molar-refractivity contribution in [3.63, 3.8) is 0 Å². The maximum absolute atomic E-state index is 2.38. The molecule has 1 rings (SSSR count). The fraction of sp³-hybridized carbons (Fsp3) is 1.00. The summed E-state index contributed by atoms with van der Waals surface area (Å²) in [5, 5.41) is 2.38. The average Bonchev–Trinajstić information content (AvgIpc) is 2.50. The van der Waals surface area contributed by atoms with E-state index in [0.29, 0.717) is 0 Å². The van der Waals surface area contributed by atoms with Gasteiger partial charge in [0.05, 0.1) is 13.1 Å². The van der Waals surface area contributed by atoms with Gasteiger partial charge in [-0.25, -0.2) is 0 Å². The van der Waals surface area contributed by atoms with Crippen molar-refractivity contribution in [1.29, 1.82) is 0 Å². The summed E-state index contributed by atoms with van der Waals surface area (Å²) in [6.07, 6.45) is 2.96. The third kappa shape index (κ3) is 1.68. The Morgan fingerprint density at radius 3 is 2.00 bits per heavy atom. The standard InChI is InChI=1S/C8H17N/c1-6(2)8(9-3)7-4-5-7/h6-9H,4-5H2,1-3H3/p+1. The van der Waals surface area contributed by atoms with E-state index in [4.69, 9.17) is 0 Å². The maximum Gasteiger partial charge on any atom is 0.0908 e. The first-order valence-corrected chi connectivity index (χ1v) is 4.05. The molecule has 1 unspecified atom stereocenters. The SMILES string of the molecule is C[NH2+]C(C(C)C)C1CC1. The zero-order chi connectivity index (χ0) is 6.85. The number of quaternary nitrogens is 1. The molecule has 0 aromatic rings. The Balaban J connectivity index is 2.28. The highest BCUT2D eigenvalue weighted by Crippen LogP contribution is 2.33. The molecule has 1 aliphatic rings. The highest BCUT2D eigenvalue weighted by molar-refractivity contribution is 4.81. The predicted octanol–water partition coefficient (Wildman–Crippen LogP) is 0.614. The van der Waals surface area contributed by atoms with Crippen molar-refractivity contribution in [3.05, 3.63) is 0 Å². The fourth-order valence-corrected chi connectivity index (χ4v) is 1.68. The summed E-state index contributed by atoms with van der Waals surface area (Å²) < 4.78 is 0. The minimum atomic E-state index is 0.863. The summed E-state index contributed by atoms with van der Waals surface area (Å²) in [6.45, 7) is 4.64. The van der Waals surface area contributed by atoms with Gasteiger partial charge in [-0.15, -0.1) is 0 Å². The van der Waals surface area contributed by atoms with Crippen molar-refractivity contribution >= 4 is 0 Å². The highest BCUT2D eigenvalue weighted by atomic mass is 14.9. The smallest absolute Gasteiger partial charge is 0.0908 e. The Morgan fingerprint density at radius 1 is 1.33 bits per heavy atom. The van der Waals surface area contributed by atoms with Gasteiger partial charge >= 0.3 is 0 Å². The first-order chi connectivity index (χ1) is 4.25. The van der Waals surface area contributed by atoms with Crippen molar-refractivity contribution in [1.82, 2.24) is 0 Å². The lowest BCUT2D eigenvalue weighted by molar-refractivity contribution is -0.673. The molecule has 1 nitrogen and oxygen atoms in total. The van der Waals surface area contributed by atoms with E-state index in [1.54, 1.807) is 0 Å². The van der Waals surface area contributed by atoms with Crippen molar-refractivity contribution in [2.24, 2.45) is 11.8 Å². The van der Waals surface area contributed by atoms with Gasteiger partial charge in [-0.3, -0.25) is 0 Å². The second-order valence-corrected chi connectivity index (χ2v) is 3.49. The molecular weight excluding hydrogens is 110 g/mol. The van der Waals surface area contributed by atoms with Crippen LogP contribution in [-0.4, -0.2) is 13.1 Å². The molecule has 1 aliphatic carbocycles. The lowest BCUT2D eigenvalue weighted by Crippen LogP contribution is -2.88. The molecule has 54 valence electrons. The molecule has 0 spiro atoms. The average molecular weight is 128 g/mol. The van der Waals surface area contributed by atoms with Gasteiger partial charge < -0.3 is 5.32 Å². The lowest BCUT2D eigenvalue weighted by atomic mass is 10.0. The zero-order valence-electron chi connectivity index (χ0n) is 6.72. The molecule has 0 aliphatic heterocycles. The van der Waals surface area contributed by atoms with Gasteiger partial charge in [0.2, 0.25) is 0 Å². The largest absolute Gasteiger partial charge is 0.346 e. The van der Waals surface area contributed by atoms with Gasteiger partial charge in [0.25, 0.3) is 0 Å². The number of hydrogen-bond donors (Lipinski definition) is 1. The molecule has 2 N–H and O–H groups in total. The third-order valence-corrected chi connectivity index (χ3v) is 2.32. The maximum atomic E-state index is 2.38. The van der Waals surface area contributed by atoms with E-state index in [-0.39, 0.29) is 0 Å². The highest BCUT2D eigenvalue weighted by Gasteiger charge is 2.34. The number of nitrogens with two attached hydrogens (primary N) is 1. The van der Waals surface area contributed by atoms with Crippen LogP contribution in [-0.2, 0) is 0 Å². The van der Waals surface area contributed by atoms with Gasteiger partial charge in [0.15, 0.2) is 0 Å². The van der Waals surface area contributed by atoms with Gasteiger partial charge in [0.1, 0.15) is 0 Å². The molecule has 0 radical (unpaired) electrons. The summed E-state index contributed by atoms with van der Waals surface area (Å²) in [5.41, 5.74) is 0. The van der Waals surface area contributed by atoms with E-state index in [0.717, 1.165) is 17.9 Å². The van der Waals surface area contributed by atoms with Gasteiger partial charge in [-0.2, -0.15) is 0 Å². The predicted molar refractivity (Wildman–Crippen MR) is 39.2 cm³/mol. The molecule has 0 aromatic heterocycles. The second-order valence-electron chi connectivity index (χ2n) is 3.49. The summed E-state index contributed by atoms with van der Waals surface area (Å²) in [5.74, 6) is 1.91. The van der Waals surface area contributed by atoms with Crippen LogP contribution >= 0.6 is 0 Å². The van der Waals surface area contributed by atoms with E-state index < -0.39 is 0 Å². The van der Waals surface area contributed by atoms with Crippen LogP contribution in [0.25, 0.3) is 0 Å². The number of hydrogen-bond acceptors (Lipinski definition) is 0. The molecule has 0 saturated heterocycles. The zero-order valence-corrected chi connectivity index (χ0v) is 6.72. The molecule has 0 amide bonds. The minimum Gasteiger partial charge on any atom is -0.346 e. The van der Waals surface area contributed by atoms with Gasteiger partial charge in [-0.1, -0.05) is 13.8 Å². The minimum absolute atomic E-state index is 0.863. The molecule has 1 saturated carbocycles. The van der Waals surface area contributed by atoms with Crippen molar-refractivity contribution in [3.8, 4) is 0 Å². The van der Waals surface area contributed by atoms with Crippen molar-refractivity contribution in [2.45, 2.75) is 32.7 Å². The van der Waals surface area contributed by atoms with Crippen LogP contribution in [0.4, 0.5) is 0 Å². The third-order valence-electron chi connectivity index (χ3n) is 2.32. The molecule has 1 fully saturated rings. The van der Waals surface area contributed by atoms with E-state index in [1.807, 2.05) is 0 Å². The van der Waals surface area contributed by atoms with Crippen LogP contribution in [0.5, 0.6) is 0 Å². The van der Waals surface area contributed by atoms with E-state index in [1.165, 1.54) is 12.8 Å².